The SMILES string of the molecule is C=CCC1CC(C)CCCC2(C)OC2(O)C(O)C(c2ccc3sc(CO)nc3c2)OC(=O)CCC(C)(C)C1=O. The van der Waals surface area contributed by atoms with E-state index >= 15 is 0 Å². The number of Topliss-reactive ketones (excluding diaryl/α,β-unsaturated/α-hetero) is 1. The number of carbonyl (C=O) groups excluding carboxylic acids is 2. The van der Waals surface area contributed by atoms with E-state index in [1.165, 1.54) is 11.3 Å². The molecule has 1 aromatic heterocycles. The predicted octanol–water partition coefficient (Wildman–Crippen LogP) is 4.99. The first-order valence-corrected chi connectivity index (χ1v) is 14.6. The first-order valence-electron chi connectivity index (χ1n) is 13.8. The van der Waals surface area contributed by atoms with Crippen molar-refractivity contribution in [1.82, 2.24) is 4.98 Å². The van der Waals surface area contributed by atoms with Gasteiger partial charge in [-0.05, 0) is 56.2 Å². The van der Waals surface area contributed by atoms with E-state index in [2.05, 4.69) is 18.5 Å². The van der Waals surface area contributed by atoms with E-state index in [9.17, 15) is 24.9 Å². The van der Waals surface area contributed by atoms with Crippen LogP contribution in [0.3, 0.4) is 0 Å². The number of cyclic esters (lactones) is 1. The van der Waals surface area contributed by atoms with Gasteiger partial charge in [-0.2, -0.15) is 0 Å². The molecule has 6 unspecified atom stereocenters. The van der Waals surface area contributed by atoms with Crippen molar-refractivity contribution in [2.24, 2.45) is 17.3 Å². The van der Waals surface area contributed by atoms with E-state index in [4.69, 9.17) is 9.47 Å². The maximum Gasteiger partial charge on any atom is 0.306 e. The first kappa shape index (κ1) is 29.8. The van der Waals surface area contributed by atoms with Crippen LogP contribution >= 0.6 is 11.3 Å². The van der Waals surface area contributed by atoms with Crippen molar-refractivity contribution in [3.8, 4) is 0 Å². The molecule has 0 aliphatic carbocycles. The van der Waals surface area contributed by atoms with Crippen LogP contribution in [-0.2, 0) is 25.7 Å². The highest BCUT2D eigenvalue weighted by Gasteiger charge is 2.71. The molecule has 8 nitrogen and oxygen atoms in total. The summed E-state index contributed by atoms with van der Waals surface area (Å²) in [5, 5.41) is 32.8. The van der Waals surface area contributed by atoms with Crippen molar-refractivity contribution in [2.75, 3.05) is 0 Å². The summed E-state index contributed by atoms with van der Waals surface area (Å²) in [5.74, 6) is -2.25. The number of aliphatic hydroxyl groups is 3. The molecule has 0 saturated carbocycles. The van der Waals surface area contributed by atoms with Crippen molar-refractivity contribution in [3.05, 3.63) is 41.4 Å². The maximum absolute atomic E-state index is 13.5. The summed E-state index contributed by atoms with van der Waals surface area (Å²) in [4.78, 5) is 31.1. The molecule has 9 heteroatoms. The number of epoxide rings is 1. The number of ether oxygens (including phenoxy) is 2. The molecule has 0 amide bonds. The Kier molecular flexibility index (Phi) is 8.69. The highest BCUT2D eigenvalue weighted by atomic mass is 32.1. The fourth-order valence-electron chi connectivity index (χ4n) is 5.87. The molecule has 2 aliphatic heterocycles. The molecule has 0 radical (unpaired) electrons. The molecule has 0 spiro atoms. The number of benzene rings is 1. The normalized spacial score (nSPS) is 34.3. The molecule has 3 heterocycles. The van der Waals surface area contributed by atoms with Gasteiger partial charge in [-0.25, -0.2) is 4.98 Å². The fourth-order valence-corrected chi connectivity index (χ4v) is 6.68. The van der Waals surface area contributed by atoms with Crippen LogP contribution in [0.1, 0.15) is 89.3 Å². The van der Waals surface area contributed by atoms with Gasteiger partial charge in [0.2, 0.25) is 5.79 Å². The van der Waals surface area contributed by atoms with Crippen molar-refractivity contribution in [3.63, 3.8) is 0 Å². The lowest BCUT2D eigenvalue weighted by atomic mass is 9.74. The number of allylic oxidation sites excluding steroid dienone is 1. The molecule has 0 bridgehead atoms. The molecule has 2 aromatic rings. The summed E-state index contributed by atoms with van der Waals surface area (Å²) < 4.78 is 12.4. The molecule has 2 fully saturated rings. The number of nitrogens with zero attached hydrogens (tertiary/aromatic N) is 1. The zero-order chi connectivity index (χ0) is 28.6. The van der Waals surface area contributed by atoms with Gasteiger partial charge in [0, 0.05) is 17.8 Å². The number of aliphatic hydroxyl groups excluding tert-OH is 2. The van der Waals surface area contributed by atoms with Crippen LogP contribution in [0.2, 0.25) is 0 Å². The molecular weight excluding hydrogens is 518 g/mol. The average molecular weight is 560 g/mol. The Balaban J connectivity index is 1.66. The molecule has 2 aliphatic rings. The zero-order valence-corrected chi connectivity index (χ0v) is 24.1. The Morgan fingerprint density at radius 1 is 1.23 bits per heavy atom. The summed E-state index contributed by atoms with van der Waals surface area (Å²) in [7, 11) is 0. The summed E-state index contributed by atoms with van der Waals surface area (Å²) in [6, 6.07) is 5.21. The minimum absolute atomic E-state index is 0.0253. The van der Waals surface area contributed by atoms with Crippen LogP contribution in [0.4, 0.5) is 0 Å². The van der Waals surface area contributed by atoms with Crippen LogP contribution < -0.4 is 0 Å². The van der Waals surface area contributed by atoms with Crippen LogP contribution in [0.15, 0.2) is 30.9 Å². The first-order chi connectivity index (χ1) is 18.3. The van der Waals surface area contributed by atoms with E-state index in [-0.39, 0.29) is 30.6 Å². The number of hydrogen-bond donors (Lipinski definition) is 3. The third kappa shape index (κ3) is 6.12. The Bertz CT molecular complexity index is 1230. The fraction of sp³-hybridized carbons (Fsp3) is 0.633. The highest BCUT2D eigenvalue weighted by Crippen LogP contribution is 2.54. The van der Waals surface area contributed by atoms with Gasteiger partial charge in [0.1, 0.15) is 16.4 Å². The van der Waals surface area contributed by atoms with Gasteiger partial charge in [0.15, 0.2) is 12.2 Å². The van der Waals surface area contributed by atoms with Crippen LogP contribution in [0.25, 0.3) is 10.2 Å². The summed E-state index contributed by atoms with van der Waals surface area (Å²) >= 11 is 1.35. The van der Waals surface area contributed by atoms with E-state index in [0.29, 0.717) is 35.4 Å². The smallest absolute Gasteiger partial charge is 0.306 e. The molecule has 1 aromatic carbocycles. The number of fused-ring (bicyclic) bond motifs is 2. The quantitative estimate of drug-likeness (QED) is 0.271. The molecule has 6 atom stereocenters. The minimum atomic E-state index is -1.88. The van der Waals surface area contributed by atoms with Gasteiger partial charge in [0.05, 0.1) is 16.8 Å². The van der Waals surface area contributed by atoms with Crippen molar-refractivity contribution >= 4 is 33.3 Å². The molecule has 39 heavy (non-hydrogen) atoms. The van der Waals surface area contributed by atoms with E-state index in [0.717, 1.165) is 24.0 Å². The lowest BCUT2D eigenvalue weighted by Gasteiger charge is -2.31. The second-order valence-electron chi connectivity index (χ2n) is 12.1. The zero-order valence-electron chi connectivity index (χ0n) is 23.3. The second kappa shape index (κ2) is 11.4. The van der Waals surface area contributed by atoms with E-state index in [1.807, 2.05) is 13.8 Å². The van der Waals surface area contributed by atoms with Crippen molar-refractivity contribution in [2.45, 2.75) is 103 Å². The monoisotopic (exact) mass is 559 g/mol. The minimum Gasteiger partial charge on any atom is -0.454 e. The molecule has 214 valence electrons. The summed E-state index contributed by atoms with van der Waals surface area (Å²) in [5.41, 5.74) is -0.687. The average Bonchev–Trinajstić information content (AvgIpc) is 3.22. The predicted molar refractivity (Wildman–Crippen MR) is 149 cm³/mol. The lowest BCUT2D eigenvalue weighted by Crippen LogP contribution is -2.42. The number of thiazole rings is 1. The van der Waals surface area contributed by atoms with Crippen molar-refractivity contribution < 1.29 is 34.4 Å². The Morgan fingerprint density at radius 2 is 1.97 bits per heavy atom. The van der Waals surface area contributed by atoms with Gasteiger partial charge in [-0.3, -0.25) is 9.59 Å². The maximum atomic E-state index is 13.5. The molecule has 4 rings (SSSR count). The van der Waals surface area contributed by atoms with Gasteiger partial charge < -0.3 is 24.8 Å². The van der Waals surface area contributed by atoms with Crippen LogP contribution in [0, 0.1) is 17.3 Å². The third-order valence-corrected chi connectivity index (χ3v) is 9.46. The van der Waals surface area contributed by atoms with E-state index < -0.39 is 35.0 Å². The lowest BCUT2D eigenvalue weighted by molar-refractivity contribution is -0.171. The Labute approximate surface area is 234 Å². The Hall–Kier alpha value is -2.17. The largest absolute Gasteiger partial charge is 0.454 e. The standard InChI is InChI=1S/C30H41NO7S/c1-6-8-20-15-18(2)9-7-13-29(5)30(36,38-29)27(35)25(37-24(33)12-14-28(3,4)26(20)34)19-10-11-22-21(16-19)31-23(17-32)39-22/h6,10-11,16,18,20,25,27,32,35-36H,1,7-9,12-15,17H2,2-5H3. The molecule has 2 saturated heterocycles. The highest BCUT2D eigenvalue weighted by molar-refractivity contribution is 7.18. The van der Waals surface area contributed by atoms with Gasteiger partial charge in [0.25, 0.3) is 0 Å². The number of aromatic nitrogens is 1. The molecular formula is C30H41NO7S. The summed E-state index contributed by atoms with van der Waals surface area (Å²) in [6.07, 6.45) is 2.69. The number of esters is 1. The van der Waals surface area contributed by atoms with Gasteiger partial charge in [-0.1, -0.05) is 45.8 Å². The van der Waals surface area contributed by atoms with Crippen molar-refractivity contribution in [1.29, 1.82) is 0 Å². The summed E-state index contributed by atoms with van der Waals surface area (Å²) in [6.45, 7) is 11.3. The topological polar surface area (TPSA) is 129 Å². The second-order valence-corrected chi connectivity index (χ2v) is 13.2. The van der Waals surface area contributed by atoms with Gasteiger partial charge >= 0.3 is 5.97 Å². The number of rotatable bonds is 4. The van der Waals surface area contributed by atoms with Crippen LogP contribution in [-0.4, -0.2) is 49.5 Å². The number of carbonyl (C=O) groups is 2. The van der Waals surface area contributed by atoms with Crippen LogP contribution in [0.5, 0.6) is 0 Å². The number of ketones is 1. The number of hydrogen-bond acceptors (Lipinski definition) is 9. The van der Waals surface area contributed by atoms with E-state index in [1.54, 1.807) is 31.2 Å². The van der Waals surface area contributed by atoms with Gasteiger partial charge in [-0.15, -0.1) is 17.9 Å². The third-order valence-electron chi connectivity index (χ3n) is 8.44. The Morgan fingerprint density at radius 3 is 2.67 bits per heavy atom. The molecule has 3 N–H and O–H groups in total.